The molecule has 7 nitrogen and oxygen atoms in total. The zero-order chi connectivity index (χ0) is 24.6. The van der Waals surface area contributed by atoms with Crippen LogP contribution in [0.2, 0.25) is 0 Å². The van der Waals surface area contributed by atoms with Crippen LogP contribution in [0.5, 0.6) is 5.75 Å². The van der Waals surface area contributed by atoms with Crippen LogP contribution in [-0.2, 0) is 20.8 Å². The van der Waals surface area contributed by atoms with Crippen LogP contribution < -0.4 is 4.74 Å². The number of hydrogen-bond acceptors (Lipinski definition) is 6. The molecular formula is C27H40N2O5. The lowest BCUT2D eigenvalue weighted by molar-refractivity contribution is -0.0399. The Morgan fingerprint density at radius 2 is 1.91 bits per heavy atom. The van der Waals surface area contributed by atoms with Crippen LogP contribution >= 0.6 is 0 Å². The molecule has 1 amide bonds. The number of benzene rings is 1. The number of rotatable bonds is 11. The van der Waals surface area contributed by atoms with Crippen LogP contribution in [0.1, 0.15) is 64.1 Å². The van der Waals surface area contributed by atoms with E-state index in [1.54, 1.807) is 12.0 Å². The Labute approximate surface area is 203 Å². The number of carbonyl (C=O) groups is 1. The SMILES string of the molecule is CCCCOc1c(C)c(COC(=O)N2CCC(OCCC(C)(C)OC)CC2)nc2ccccc12. The number of hydrogen-bond donors (Lipinski definition) is 0. The number of pyridine rings is 1. The lowest BCUT2D eigenvalue weighted by Gasteiger charge is -2.32. The highest BCUT2D eigenvalue weighted by Crippen LogP contribution is 2.31. The van der Waals surface area contributed by atoms with E-state index < -0.39 is 0 Å². The number of likely N-dealkylation sites (tertiary alicyclic amines) is 1. The van der Waals surface area contributed by atoms with Crippen LogP contribution in [0, 0.1) is 6.92 Å². The third-order valence-electron chi connectivity index (χ3n) is 6.56. The van der Waals surface area contributed by atoms with Gasteiger partial charge >= 0.3 is 6.09 Å². The molecular weight excluding hydrogens is 432 g/mol. The maximum atomic E-state index is 12.7. The van der Waals surface area contributed by atoms with E-state index in [2.05, 4.69) is 20.8 Å². The van der Waals surface area contributed by atoms with Crippen molar-refractivity contribution in [2.24, 2.45) is 0 Å². The Balaban J connectivity index is 1.54. The smallest absolute Gasteiger partial charge is 0.410 e. The summed E-state index contributed by atoms with van der Waals surface area (Å²) in [4.78, 5) is 19.2. The number of carbonyl (C=O) groups excluding carboxylic acids is 1. The van der Waals surface area contributed by atoms with E-state index in [1.807, 2.05) is 31.2 Å². The number of unbranched alkanes of at least 4 members (excludes halogenated alkanes) is 1. The van der Waals surface area contributed by atoms with Gasteiger partial charge in [0.1, 0.15) is 12.4 Å². The normalized spacial score (nSPS) is 15.0. The molecule has 0 N–H and O–H groups in total. The van der Waals surface area contributed by atoms with Crippen LogP contribution in [0.4, 0.5) is 4.79 Å². The summed E-state index contributed by atoms with van der Waals surface area (Å²) >= 11 is 0. The molecule has 2 heterocycles. The summed E-state index contributed by atoms with van der Waals surface area (Å²) in [6.07, 6.45) is 4.39. The van der Waals surface area contributed by atoms with Crippen LogP contribution in [0.3, 0.4) is 0 Å². The summed E-state index contributed by atoms with van der Waals surface area (Å²) in [5.41, 5.74) is 2.33. The van der Waals surface area contributed by atoms with Gasteiger partial charge in [-0.25, -0.2) is 9.78 Å². The molecule has 0 saturated carbocycles. The quantitative estimate of drug-likeness (QED) is 0.393. The Hall–Kier alpha value is -2.38. The van der Waals surface area contributed by atoms with Gasteiger partial charge in [-0.1, -0.05) is 25.5 Å². The number of ether oxygens (including phenoxy) is 4. The predicted octanol–water partition coefficient (Wildman–Crippen LogP) is 5.65. The predicted molar refractivity (Wildman–Crippen MR) is 133 cm³/mol. The Morgan fingerprint density at radius 3 is 2.62 bits per heavy atom. The zero-order valence-corrected chi connectivity index (χ0v) is 21.4. The van der Waals surface area contributed by atoms with Gasteiger partial charge in [0.05, 0.1) is 29.5 Å². The first-order valence-corrected chi connectivity index (χ1v) is 12.4. The molecule has 0 bridgehead atoms. The van der Waals surface area contributed by atoms with E-state index in [-0.39, 0.29) is 24.4 Å². The Kier molecular flexibility index (Phi) is 9.54. The second kappa shape index (κ2) is 12.4. The summed E-state index contributed by atoms with van der Waals surface area (Å²) in [7, 11) is 1.72. The second-order valence-corrected chi connectivity index (χ2v) is 9.56. The zero-order valence-electron chi connectivity index (χ0n) is 21.4. The molecule has 1 aliphatic rings. The van der Waals surface area contributed by atoms with Crippen LogP contribution in [0.25, 0.3) is 10.9 Å². The van der Waals surface area contributed by atoms with Gasteiger partial charge in [0.25, 0.3) is 0 Å². The van der Waals surface area contributed by atoms with E-state index >= 15 is 0 Å². The van der Waals surface area contributed by atoms with E-state index in [0.717, 1.165) is 60.0 Å². The molecule has 1 aromatic carbocycles. The minimum absolute atomic E-state index is 0.127. The summed E-state index contributed by atoms with van der Waals surface area (Å²) in [5, 5.41) is 0.988. The highest BCUT2D eigenvalue weighted by atomic mass is 16.6. The molecule has 0 atom stereocenters. The van der Waals surface area contributed by atoms with E-state index in [4.69, 9.17) is 23.9 Å². The second-order valence-electron chi connectivity index (χ2n) is 9.56. The van der Waals surface area contributed by atoms with Crippen molar-refractivity contribution in [3.63, 3.8) is 0 Å². The minimum Gasteiger partial charge on any atom is -0.493 e. The average molecular weight is 473 g/mol. The molecule has 188 valence electrons. The molecule has 0 radical (unpaired) electrons. The van der Waals surface area contributed by atoms with Crippen molar-refractivity contribution in [1.82, 2.24) is 9.88 Å². The lowest BCUT2D eigenvalue weighted by atomic mass is 10.1. The van der Waals surface area contributed by atoms with Gasteiger partial charge in [0.2, 0.25) is 0 Å². The lowest BCUT2D eigenvalue weighted by Crippen LogP contribution is -2.41. The third-order valence-corrected chi connectivity index (χ3v) is 6.56. The van der Waals surface area contributed by atoms with E-state index in [9.17, 15) is 4.79 Å². The average Bonchev–Trinajstić information content (AvgIpc) is 2.84. The molecule has 3 rings (SSSR count). The monoisotopic (exact) mass is 472 g/mol. The van der Waals surface area contributed by atoms with Gasteiger partial charge in [-0.05, 0) is 58.6 Å². The molecule has 1 fully saturated rings. The summed E-state index contributed by atoms with van der Waals surface area (Å²) in [5.74, 6) is 0.833. The molecule has 0 spiro atoms. The third kappa shape index (κ3) is 7.06. The maximum absolute atomic E-state index is 12.7. The number of nitrogens with zero attached hydrogens (tertiary/aromatic N) is 2. The van der Waals surface area contributed by atoms with E-state index in [1.165, 1.54) is 0 Å². The number of piperidine rings is 1. The number of amides is 1. The summed E-state index contributed by atoms with van der Waals surface area (Å²) in [6, 6.07) is 7.93. The topological polar surface area (TPSA) is 70.1 Å². The minimum atomic E-state index is -0.304. The first-order valence-electron chi connectivity index (χ1n) is 12.4. The van der Waals surface area contributed by atoms with Crippen molar-refractivity contribution in [2.75, 3.05) is 33.4 Å². The molecule has 1 aromatic heterocycles. The first-order chi connectivity index (χ1) is 16.3. The largest absolute Gasteiger partial charge is 0.493 e. The van der Waals surface area contributed by atoms with Crippen molar-refractivity contribution in [3.05, 3.63) is 35.5 Å². The van der Waals surface area contributed by atoms with Gasteiger partial charge in [0.15, 0.2) is 0 Å². The van der Waals surface area contributed by atoms with Gasteiger partial charge in [0, 0.05) is 37.8 Å². The molecule has 2 aromatic rings. The molecule has 1 aliphatic heterocycles. The van der Waals surface area contributed by atoms with Gasteiger partial charge < -0.3 is 23.8 Å². The van der Waals surface area contributed by atoms with Crippen LogP contribution in [0.15, 0.2) is 24.3 Å². The highest BCUT2D eigenvalue weighted by molar-refractivity contribution is 5.86. The standard InChI is InChI=1S/C27H40N2O5/c1-6-7-17-33-25-20(2)24(28-23-11-9-8-10-22(23)25)19-34-26(30)29-15-12-21(13-16-29)32-18-14-27(3,4)31-5/h8-11,21H,6-7,12-19H2,1-5H3. The van der Waals surface area contributed by atoms with Gasteiger partial charge in [-0.15, -0.1) is 0 Å². The maximum Gasteiger partial charge on any atom is 0.410 e. The number of fused-ring (bicyclic) bond motifs is 1. The summed E-state index contributed by atoms with van der Waals surface area (Å²) < 4.78 is 23.2. The fourth-order valence-corrected chi connectivity index (χ4v) is 3.97. The molecule has 0 aliphatic carbocycles. The molecule has 7 heteroatoms. The molecule has 1 saturated heterocycles. The van der Waals surface area contributed by atoms with Gasteiger partial charge in [-0.2, -0.15) is 0 Å². The van der Waals surface area contributed by atoms with E-state index in [0.29, 0.717) is 26.3 Å². The fraction of sp³-hybridized carbons (Fsp3) is 0.630. The van der Waals surface area contributed by atoms with Crippen molar-refractivity contribution >= 4 is 17.0 Å². The molecule has 34 heavy (non-hydrogen) atoms. The van der Waals surface area contributed by atoms with Crippen molar-refractivity contribution in [2.45, 2.75) is 78.1 Å². The van der Waals surface area contributed by atoms with Crippen molar-refractivity contribution in [1.29, 1.82) is 0 Å². The molecule has 0 unspecified atom stereocenters. The number of methoxy groups -OCH3 is 1. The van der Waals surface area contributed by atoms with Crippen molar-refractivity contribution in [3.8, 4) is 5.75 Å². The van der Waals surface area contributed by atoms with Crippen molar-refractivity contribution < 1.29 is 23.7 Å². The first kappa shape index (κ1) is 26.2. The Morgan fingerprint density at radius 1 is 1.18 bits per heavy atom. The highest BCUT2D eigenvalue weighted by Gasteiger charge is 2.25. The number of aromatic nitrogens is 1. The number of para-hydroxylation sites is 1. The fourth-order valence-electron chi connectivity index (χ4n) is 3.97. The Bertz CT molecular complexity index is 938. The summed E-state index contributed by atoms with van der Waals surface area (Å²) in [6.45, 7) is 10.9. The van der Waals surface area contributed by atoms with Gasteiger partial charge in [-0.3, -0.25) is 0 Å². The van der Waals surface area contributed by atoms with Crippen LogP contribution in [-0.4, -0.2) is 61.1 Å².